The van der Waals surface area contributed by atoms with Crippen LogP contribution in [-0.4, -0.2) is 27.9 Å². The Labute approximate surface area is 204 Å². The predicted molar refractivity (Wildman–Crippen MR) is 135 cm³/mol. The molecule has 1 aliphatic carbocycles. The number of benzene rings is 3. The van der Waals surface area contributed by atoms with Crippen LogP contribution in [0.2, 0.25) is 0 Å². The second kappa shape index (κ2) is 8.31. The zero-order valence-corrected chi connectivity index (χ0v) is 19.6. The Hall–Kier alpha value is -4.06. The van der Waals surface area contributed by atoms with E-state index in [1.807, 2.05) is 65.3 Å². The summed E-state index contributed by atoms with van der Waals surface area (Å²) in [7, 11) is 1.64. The van der Waals surface area contributed by atoms with Gasteiger partial charge in [-0.2, -0.15) is 5.10 Å². The van der Waals surface area contributed by atoms with Gasteiger partial charge in [-0.1, -0.05) is 43.2 Å². The summed E-state index contributed by atoms with van der Waals surface area (Å²) in [5, 5.41) is 15.8. The van der Waals surface area contributed by atoms with Crippen molar-refractivity contribution in [3.8, 4) is 28.4 Å². The molecule has 1 N–H and O–H groups in total. The molecule has 0 atom stereocenters. The predicted octanol–water partition coefficient (Wildman–Crippen LogP) is 5.61. The van der Waals surface area contributed by atoms with E-state index in [2.05, 4.69) is 11.2 Å². The van der Waals surface area contributed by atoms with Gasteiger partial charge < -0.3 is 14.7 Å². The van der Waals surface area contributed by atoms with Crippen molar-refractivity contribution in [2.45, 2.75) is 37.6 Å². The molecular weight excluding hydrogens is 438 g/mol. The molecule has 6 rings (SSSR count). The summed E-state index contributed by atoms with van der Waals surface area (Å²) in [6.45, 7) is 0.409. The lowest BCUT2D eigenvalue weighted by Crippen LogP contribution is -2.38. The number of nitrogens with zero attached hydrogens (tertiary/aromatic N) is 3. The van der Waals surface area contributed by atoms with Crippen molar-refractivity contribution in [3.05, 3.63) is 90.1 Å². The van der Waals surface area contributed by atoms with Gasteiger partial charge in [-0.3, -0.25) is 4.79 Å². The molecule has 2 heterocycles. The molecular formula is C29H27N3O3. The van der Waals surface area contributed by atoms with Gasteiger partial charge in [-0.05, 0) is 66.4 Å². The van der Waals surface area contributed by atoms with E-state index in [0.29, 0.717) is 12.2 Å². The molecule has 2 aliphatic rings. The monoisotopic (exact) mass is 465 g/mol. The summed E-state index contributed by atoms with van der Waals surface area (Å²) in [6.07, 6.45) is 5.39. The smallest absolute Gasteiger partial charge is 0.238 e. The first kappa shape index (κ1) is 21.5. The van der Waals surface area contributed by atoms with Gasteiger partial charge in [0.1, 0.15) is 11.5 Å². The largest absolute Gasteiger partial charge is 0.506 e. The van der Waals surface area contributed by atoms with Crippen LogP contribution in [0.3, 0.4) is 0 Å². The highest BCUT2D eigenvalue weighted by molar-refractivity contribution is 6.10. The number of hydrogen-bond acceptors (Lipinski definition) is 4. The Morgan fingerprint density at radius 2 is 1.74 bits per heavy atom. The number of para-hydroxylation sites is 1. The van der Waals surface area contributed by atoms with Gasteiger partial charge in [-0.15, -0.1) is 0 Å². The molecule has 1 saturated carbocycles. The molecule has 0 unspecified atom stereocenters. The molecule has 1 aliphatic heterocycles. The quantitative estimate of drug-likeness (QED) is 0.416. The van der Waals surface area contributed by atoms with E-state index in [0.717, 1.165) is 59.5 Å². The minimum atomic E-state index is -0.576. The van der Waals surface area contributed by atoms with Crippen LogP contribution in [0.25, 0.3) is 16.9 Å². The van der Waals surface area contributed by atoms with Gasteiger partial charge in [0.2, 0.25) is 5.91 Å². The van der Waals surface area contributed by atoms with Crippen molar-refractivity contribution < 1.29 is 14.6 Å². The highest BCUT2D eigenvalue weighted by atomic mass is 16.5. The minimum Gasteiger partial charge on any atom is -0.506 e. The molecule has 3 aromatic carbocycles. The molecule has 6 nitrogen and oxygen atoms in total. The molecule has 0 bridgehead atoms. The third-order valence-corrected chi connectivity index (χ3v) is 7.43. The van der Waals surface area contributed by atoms with Crippen molar-refractivity contribution in [3.63, 3.8) is 0 Å². The summed E-state index contributed by atoms with van der Waals surface area (Å²) in [5.74, 6) is 0.991. The van der Waals surface area contributed by atoms with E-state index < -0.39 is 5.41 Å². The summed E-state index contributed by atoms with van der Waals surface area (Å²) in [4.78, 5) is 15.7. The maximum Gasteiger partial charge on any atom is 0.238 e. The molecule has 0 saturated heterocycles. The highest BCUT2D eigenvalue weighted by Crippen LogP contribution is 2.55. The van der Waals surface area contributed by atoms with E-state index in [1.54, 1.807) is 24.3 Å². The highest BCUT2D eigenvalue weighted by Gasteiger charge is 2.53. The number of carbonyl (C=O) groups is 1. The second-order valence-electron chi connectivity index (χ2n) is 9.38. The molecule has 35 heavy (non-hydrogen) atoms. The first-order valence-corrected chi connectivity index (χ1v) is 12.0. The molecule has 4 aromatic rings. The molecule has 1 amide bonds. The molecule has 176 valence electrons. The number of hydrogen-bond donors (Lipinski definition) is 1. The lowest BCUT2D eigenvalue weighted by molar-refractivity contribution is -0.123. The average Bonchev–Trinajstić information content (AvgIpc) is 3.62. The van der Waals surface area contributed by atoms with Crippen molar-refractivity contribution in [1.82, 2.24) is 9.78 Å². The normalized spacial score (nSPS) is 16.1. The maximum atomic E-state index is 13.9. The Morgan fingerprint density at radius 3 is 2.46 bits per heavy atom. The van der Waals surface area contributed by atoms with Crippen LogP contribution >= 0.6 is 0 Å². The summed E-state index contributed by atoms with van der Waals surface area (Å²) >= 11 is 0. The maximum absolute atomic E-state index is 13.9. The van der Waals surface area contributed by atoms with Crippen LogP contribution in [0.15, 0.2) is 79.0 Å². The van der Waals surface area contributed by atoms with E-state index >= 15 is 0 Å². The molecule has 6 heteroatoms. The van der Waals surface area contributed by atoms with Crippen LogP contribution in [0, 0.1) is 0 Å². The molecule has 1 aromatic heterocycles. The van der Waals surface area contributed by atoms with Gasteiger partial charge in [0.05, 0.1) is 42.3 Å². The summed E-state index contributed by atoms with van der Waals surface area (Å²) in [6, 6.07) is 23.5. The first-order valence-electron chi connectivity index (χ1n) is 12.0. The van der Waals surface area contributed by atoms with Crippen molar-refractivity contribution >= 4 is 11.6 Å². The topological polar surface area (TPSA) is 67.6 Å². The zero-order chi connectivity index (χ0) is 24.0. The standard InChI is InChI=1S/C29H27N3O3/c1-35-23-11-9-20(10-12-23)19-31-27-24(29(28(31)34)14-5-6-15-29)17-21(18-26(27)33)25-13-16-30-32(25)22-7-3-2-4-8-22/h2-4,7-13,16-18,33H,5-6,14-15,19H2,1H3. The Balaban J connectivity index is 1.46. The third kappa shape index (κ3) is 3.40. The number of aromatic nitrogens is 2. The van der Waals surface area contributed by atoms with Gasteiger partial charge in [-0.25, -0.2) is 4.68 Å². The van der Waals surface area contributed by atoms with E-state index in [9.17, 15) is 9.90 Å². The number of fused-ring (bicyclic) bond motifs is 2. The molecule has 0 radical (unpaired) electrons. The van der Waals surface area contributed by atoms with Crippen LogP contribution < -0.4 is 9.64 Å². The van der Waals surface area contributed by atoms with Gasteiger partial charge >= 0.3 is 0 Å². The van der Waals surface area contributed by atoms with E-state index in [1.165, 1.54) is 0 Å². The fourth-order valence-corrected chi connectivity index (χ4v) is 5.71. The lowest BCUT2D eigenvalue weighted by atomic mass is 9.79. The van der Waals surface area contributed by atoms with Crippen LogP contribution in [-0.2, 0) is 16.8 Å². The zero-order valence-electron chi connectivity index (χ0n) is 19.6. The van der Waals surface area contributed by atoms with Crippen LogP contribution in [0.4, 0.5) is 5.69 Å². The van der Waals surface area contributed by atoms with Crippen molar-refractivity contribution in [1.29, 1.82) is 0 Å². The van der Waals surface area contributed by atoms with Crippen LogP contribution in [0.5, 0.6) is 11.5 Å². The molecule has 1 fully saturated rings. The van der Waals surface area contributed by atoms with Crippen LogP contribution in [0.1, 0.15) is 36.8 Å². The van der Waals surface area contributed by atoms with Gasteiger partial charge in [0, 0.05) is 5.56 Å². The summed E-state index contributed by atoms with van der Waals surface area (Å²) in [5.41, 5.74) is 4.67. The fourth-order valence-electron chi connectivity index (χ4n) is 5.71. The number of phenols is 1. The first-order chi connectivity index (χ1) is 17.1. The van der Waals surface area contributed by atoms with Gasteiger partial charge in [0.15, 0.2) is 0 Å². The number of amides is 1. The van der Waals surface area contributed by atoms with Gasteiger partial charge in [0.25, 0.3) is 0 Å². The second-order valence-corrected chi connectivity index (χ2v) is 9.38. The van der Waals surface area contributed by atoms with Crippen molar-refractivity contribution in [2.24, 2.45) is 0 Å². The lowest BCUT2D eigenvalue weighted by Gasteiger charge is -2.23. The number of rotatable bonds is 5. The summed E-state index contributed by atoms with van der Waals surface area (Å²) < 4.78 is 7.14. The number of methoxy groups -OCH3 is 1. The fraction of sp³-hybridized carbons (Fsp3) is 0.241. The number of aromatic hydroxyl groups is 1. The number of anilines is 1. The minimum absolute atomic E-state index is 0.0878. The Morgan fingerprint density at radius 1 is 1.00 bits per heavy atom. The number of ether oxygens (including phenoxy) is 1. The SMILES string of the molecule is COc1ccc(CN2C(=O)C3(CCCC3)c3cc(-c4ccnn4-c4ccccc4)cc(O)c32)cc1. The molecule has 1 spiro atoms. The third-order valence-electron chi connectivity index (χ3n) is 7.43. The Kier molecular flexibility index (Phi) is 5.10. The average molecular weight is 466 g/mol. The van der Waals surface area contributed by atoms with Crippen molar-refractivity contribution in [2.75, 3.05) is 12.0 Å². The Bertz CT molecular complexity index is 1390. The number of carbonyl (C=O) groups excluding carboxylic acids is 1. The van der Waals surface area contributed by atoms with E-state index in [4.69, 9.17) is 4.74 Å². The van der Waals surface area contributed by atoms with E-state index in [-0.39, 0.29) is 11.7 Å². The number of phenolic OH excluding ortho intramolecular Hbond substituents is 1.